The minimum atomic E-state index is -3.83. The Balaban J connectivity index is -0.0000000267. The minimum Gasteiger partial charge on any atom is -1.00 e. The predicted molar refractivity (Wildman–Crippen MR) is 21.9 cm³/mol. The molecule has 7 heavy (non-hydrogen) atoms. The molecule has 42 valence electrons. The second-order valence-corrected chi connectivity index (χ2v) is 2.65. The summed E-state index contributed by atoms with van der Waals surface area (Å²) < 4.78 is 24.0. The molecule has 0 fully saturated rings. The van der Waals surface area contributed by atoms with E-state index in [-0.39, 0.29) is 48.1 Å². The van der Waals surface area contributed by atoms with Crippen molar-refractivity contribution < 1.29 is 61.4 Å². The van der Waals surface area contributed by atoms with Crippen LogP contribution < -0.4 is 29.6 Å². The van der Waals surface area contributed by atoms with Crippen molar-refractivity contribution in [1.29, 1.82) is 0 Å². The average molecular weight is 194 g/mol. The van der Waals surface area contributed by atoms with E-state index in [0.717, 1.165) is 0 Å². The molecule has 0 aliphatic heterocycles. The van der Waals surface area contributed by atoms with Gasteiger partial charge >= 0.3 is 29.6 Å². The van der Waals surface area contributed by atoms with E-state index in [4.69, 9.17) is 13.3 Å². The van der Waals surface area contributed by atoms with E-state index in [1.165, 1.54) is 0 Å². The number of hydrogen-bond donors (Lipinski definition) is 2. The van der Waals surface area contributed by atoms with Gasteiger partial charge in [0.2, 0.25) is 0 Å². The van der Waals surface area contributed by atoms with E-state index in [9.17, 15) is 0 Å². The van der Waals surface area contributed by atoms with Crippen LogP contribution >= 0.6 is 0 Å². The molecule has 0 unspecified atom stereocenters. The van der Waals surface area contributed by atoms with Gasteiger partial charge in [-0.15, -0.1) is 0 Å². The molecule has 2 N–H and O–H groups in total. The maximum Gasteiger partial charge on any atom is 1.00 e. The molecule has 7 heteroatoms. The Bertz CT molecular complexity index is 100. The second kappa shape index (κ2) is 5.94. The molecule has 0 saturated heterocycles. The monoisotopic (exact) mass is 194 g/mol. The van der Waals surface area contributed by atoms with Crippen LogP contribution in [0.15, 0.2) is 0 Å². The van der Waals surface area contributed by atoms with E-state index in [0.29, 0.717) is 0 Å². The first-order valence-corrected chi connectivity index (χ1v) is 3.10. The van der Waals surface area contributed by atoms with Gasteiger partial charge in [0.25, 0.3) is 9.05 Å². The summed E-state index contributed by atoms with van der Waals surface area (Å²) in [5, 5.41) is 0. The van der Waals surface area contributed by atoms with Crippen molar-refractivity contribution in [2.45, 2.75) is 0 Å². The summed E-state index contributed by atoms with van der Waals surface area (Å²) in [4.78, 5) is 0. The molecule has 0 radical (unpaired) electrons. The van der Waals surface area contributed by atoms with Gasteiger partial charge in [-0.25, -0.2) is 0 Å². The third-order valence-electron chi connectivity index (χ3n) is 0. The fourth-order valence-corrected chi connectivity index (χ4v) is 0. The van der Waals surface area contributed by atoms with Crippen molar-refractivity contribution in [3.63, 3.8) is 0 Å². The summed E-state index contributed by atoms with van der Waals surface area (Å²) >= 11 is 3.47. The molecule has 0 amide bonds. The van der Waals surface area contributed by atoms with E-state index in [1.54, 1.807) is 0 Å². The Labute approximate surface area is 80.8 Å². The van der Waals surface area contributed by atoms with Crippen LogP contribution in [0.3, 0.4) is 0 Å². The van der Waals surface area contributed by atoms with Gasteiger partial charge in [0.05, 0.1) is 0 Å². The van der Waals surface area contributed by atoms with Crippen molar-refractivity contribution in [2.24, 2.45) is 0 Å². The maximum atomic E-state index is 9.11. The van der Waals surface area contributed by atoms with Gasteiger partial charge in [0, 0.05) is 28.3 Å². The topological polar surface area (TPSA) is 57.5 Å². The standard InChI is InChI=1S/Fe.Na.H2O3S2.H/c;;1-5(2,3)4;/h;;(H2,1,2,3,4);/q;+1;;-1. The van der Waals surface area contributed by atoms with Gasteiger partial charge in [-0.05, 0) is 0 Å². The molecule has 0 aromatic rings. The molecule has 0 bridgehead atoms. The Hall–Kier alpha value is 1.81. The van der Waals surface area contributed by atoms with Crippen LogP contribution in [-0.2, 0) is 37.3 Å². The molecule has 3 nitrogen and oxygen atoms in total. The number of hydrogen-bond acceptors (Lipinski definition) is 2. The molecule has 0 heterocycles. The summed E-state index contributed by atoms with van der Waals surface area (Å²) in [6.45, 7) is 0. The molecule has 0 aliphatic rings. The molecular formula is H3FeNaO3S2. The quantitative estimate of drug-likeness (QED) is 0.398. The first-order valence-electron chi connectivity index (χ1n) is 0.698. The van der Waals surface area contributed by atoms with E-state index in [1.807, 2.05) is 0 Å². The molecule has 0 atom stereocenters. The summed E-state index contributed by atoms with van der Waals surface area (Å²) in [5.74, 6) is 0. The summed E-state index contributed by atoms with van der Waals surface area (Å²) in [5.41, 5.74) is 0. The maximum absolute atomic E-state index is 9.11. The van der Waals surface area contributed by atoms with Crippen LogP contribution in [0.5, 0.6) is 0 Å². The van der Waals surface area contributed by atoms with Gasteiger partial charge in [0.1, 0.15) is 0 Å². The van der Waals surface area contributed by atoms with Crippen LogP contribution in [0.4, 0.5) is 0 Å². The zero-order valence-electron chi connectivity index (χ0n) is 4.47. The third kappa shape index (κ3) is 80.5. The molecule has 0 aliphatic carbocycles. The summed E-state index contributed by atoms with van der Waals surface area (Å²) in [6.07, 6.45) is 0. The van der Waals surface area contributed by atoms with Gasteiger partial charge in [0.15, 0.2) is 0 Å². The van der Waals surface area contributed by atoms with Crippen LogP contribution in [0.1, 0.15) is 1.43 Å². The number of rotatable bonds is 0. The Morgan fingerprint density at radius 3 is 1.57 bits per heavy atom. The Morgan fingerprint density at radius 2 is 1.57 bits per heavy atom. The molecule has 0 rings (SSSR count). The first-order chi connectivity index (χ1) is 2.00. The van der Waals surface area contributed by atoms with Crippen molar-refractivity contribution in [1.82, 2.24) is 0 Å². The van der Waals surface area contributed by atoms with Crippen LogP contribution in [0.2, 0.25) is 0 Å². The van der Waals surface area contributed by atoms with Crippen LogP contribution in [0.25, 0.3) is 0 Å². The smallest absolute Gasteiger partial charge is 1.00 e. The van der Waals surface area contributed by atoms with Crippen molar-refractivity contribution in [3.8, 4) is 0 Å². The fourth-order valence-electron chi connectivity index (χ4n) is 0. The van der Waals surface area contributed by atoms with Gasteiger partial charge in [-0.1, -0.05) is 0 Å². The fraction of sp³-hybridized carbons (Fsp3) is 0. The summed E-state index contributed by atoms with van der Waals surface area (Å²) in [6, 6.07) is 0. The molecule has 0 aromatic heterocycles. The van der Waals surface area contributed by atoms with Crippen LogP contribution in [0, 0.1) is 0 Å². The van der Waals surface area contributed by atoms with Crippen LogP contribution in [-0.4, -0.2) is 13.3 Å². The largest absolute Gasteiger partial charge is 1.00 e. The normalized spacial score (nSPS) is 8.29. The third-order valence-corrected chi connectivity index (χ3v) is 0. The summed E-state index contributed by atoms with van der Waals surface area (Å²) in [7, 11) is -3.83. The average Bonchev–Trinajstić information content (AvgIpc) is 0.722. The minimum absolute atomic E-state index is 0. The van der Waals surface area contributed by atoms with Crippen molar-refractivity contribution >= 4 is 20.2 Å². The van der Waals surface area contributed by atoms with Gasteiger partial charge in [-0.2, -0.15) is 4.21 Å². The zero-order valence-corrected chi connectivity index (χ0v) is 8.21. The van der Waals surface area contributed by atoms with Gasteiger partial charge in [-0.3, -0.25) is 9.11 Å². The van der Waals surface area contributed by atoms with Gasteiger partial charge < -0.3 is 1.43 Å². The molecule has 0 saturated carbocycles. The van der Waals surface area contributed by atoms with E-state index >= 15 is 0 Å². The molecular weight excluding hydrogens is 191 g/mol. The van der Waals surface area contributed by atoms with Crippen molar-refractivity contribution in [2.75, 3.05) is 0 Å². The molecule has 0 aromatic carbocycles. The van der Waals surface area contributed by atoms with Crippen molar-refractivity contribution in [3.05, 3.63) is 0 Å². The van der Waals surface area contributed by atoms with E-state index < -0.39 is 9.05 Å². The first kappa shape index (κ1) is 15.9. The van der Waals surface area contributed by atoms with E-state index in [2.05, 4.69) is 11.2 Å². The SMILES string of the molecule is O=S(O)(O)=S.[Fe].[H-].[Na+]. The predicted octanol–water partition coefficient (Wildman–Crippen LogP) is -3.21. The molecule has 0 spiro atoms. The Morgan fingerprint density at radius 1 is 1.57 bits per heavy atom. The second-order valence-electron chi connectivity index (χ2n) is 0.448. The Kier molecular flexibility index (Phi) is 13.5. The zero-order chi connectivity index (χ0) is 4.50.